The number of aromatic amines is 2. The third-order valence-corrected chi connectivity index (χ3v) is 4.49. The molecule has 1 aliphatic rings. The minimum atomic E-state index is -0.479. The van der Waals surface area contributed by atoms with E-state index < -0.39 is 5.69 Å². The number of nitrogens with one attached hydrogen (secondary N) is 3. The van der Waals surface area contributed by atoms with E-state index in [1.54, 1.807) is 0 Å². The van der Waals surface area contributed by atoms with Gasteiger partial charge in [0.15, 0.2) is 0 Å². The van der Waals surface area contributed by atoms with Crippen LogP contribution in [0.15, 0.2) is 4.79 Å². The fourth-order valence-electron chi connectivity index (χ4n) is 3.19. The number of amides is 1. The zero-order valence-corrected chi connectivity index (χ0v) is 12.2. The number of aromatic nitrogens is 3. The minimum Gasteiger partial charge on any atom is -0.378 e. The molecule has 20 heavy (non-hydrogen) atoms. The lowest BCUT2D eigenvalue weighted by Crippen LogP contribution is -2.64. The van der Waals surface area contributed by atoms with Gasteiger partial charge >= 0.3 is 5.69 Å². The minimum absolute atomic E-state index is 0.0240. The molecule has 0 spiro atoms. The number of nitrogens with zero attached hydrogens (tertiary/aromatic N) is 1. The number of carbonyl (C=O) groups is 1. The number of hydrogen-bond acceptors (Lipinski definition) is 4. The Balaban J connectivity index is 2.06. The van der Waals surface area contributed by atoms with Crippen LogP contribution < -0.4 is 11.0 Å². The molecule has 2 atom stereocenters. The molecule has 1 aromatic rings. The van der Waals surface area contributed by atoms with E-state index in [1.165, 1.54) is 0 Å². The van der Waals surface area contributed by atoms with E-state index in [0.29, 0.717) is 6.61 Å². The largest absolute Gasteiger partial charge is 0.378 e. The van der Waals surface area contributed by atoms with Crippen molar-refractivity contribution >= 4 is 5.91 Å². The highest BCUT2D eigenvalue weighted by Gasteiger charge is 2.53. The second-order valence-electron chi connectivity index (χ2n) is 5.17. The second-order valence-corrected chi connectivity index (χ2v) is 5.17. The summed E-state index contributed by atoms with van der Waals surface area (Å²) in [5, 5.41) is 8.79. The van der Waals surface area contributed by atoms with Crippen molar-refractivity contribution in [3.63, 3.8) is 0 Å². The van der Waals surface area contributed by atoms with Crippen molar-refractivity contribution < 1.29 is 9.53 Å². The lowest BCUT2D eigenvalue weighted by atomic mass is 9.58. The molecule has 1 saturated carbocycles. The van der Waals surface area contributed by atoms with E-state index in [1.807, 2.05) is 6.92 Å². The summed E-state index contributed by atoms with van der Waals surface area (Å²) >= 11 is 0. The first-order valence-electron chi connectivity index (χ1n) is 7.14. The Kier molecular flexibility index (Phi) is 4.27. The number of carbonyl (C=O) groups excluding carboxylic acids is 1. The van der Waals surface area contributed by atoms with Crippen LogP contribution in [0.4, 0.5) is 0 Å². The summed E-state index contributed by atoms with van der Waals surface area (Å²) in [6.45, 7) is 6.89. The Hall–Kier alpha value is -1.63. The summed E-state index contributed by atoms with van der Waals surface area (Å²) in [7, 11) is 0. The van der Waals surface area contributed by atoms with Gasteiger partial charge in [-0.3, -0.25) is 9.78 Å². The van der Waals surface area contributed by atoms with Crippen LogP contribution in [0.5, 0.6) is 0 Å². The Labute approximate surface area is 117 Å². The monoisotopic (exact) mass is 282 g/mol. The summed E-state index contributed by atoms with van der Waals surface area (Å²) in [5.74, 6) is -0.328. The predicted octanol–water partition coefficient (Wildman–Crippen LogP) is 0.812. The number of hydrogen-bond donors (Lipinski definition) is 3. The van der Waals surface area contributed by atoms with Crippen molar-refractivity contribution in [3.05, 3.63) is 16.3 Å². The molecule has 1 heterocycles. The summed E-state index contributed by atoms with van der Waals surface area (Å²) in [5.41, 5.74) is -0.504. The van der Waals surface area contributed by atoms with Gasteiger partial charge in [-0.25, -0.2) is 9.89 Å². The van der Waals surface area contributed by atoms with Crippen LogP contribution in [0.1, 0.15) is 50.7 Å². The molecule has 0 aromatic carbocycles. The van der Waals surface area contributed by atoms with Crippen molar-refractivity contribution in [1.29, 1.82) is 0 Å². The number of rotatable bonds is 6. The highest BCUT2D eigenvalue weighted by Crippen LogP contribution is 2.48. The van der Waals surface area contributed by atoms with E-state index in [-0.39, 0.29) is 29.3 Å². The summed E-state index contributed by atoms with van der Waals surface area (Å²) in [6, 6.07) is 0.0572. The first-order chi connectivity index (χ1) is 9.57. The molecule has 3 N–H and O–H groups in total. The van der Waals surface area contributed by atoms with Crippen molar-refractivity contribution in [2.45, 2.75) is 52.2 Å². The van der Waals surface area contributed by atoms with Gasteiger partial charge in [-0.05, 0) is 26.2 Å². The lowest BCUT2D eigenvalue weighted by Gasteiger charge is -2.55. The number of ether oxygens (including phenoxy) is 1. The maximum Gasteiger partial charge on any atom is 0.341 e. The van der Waals surface area contributed by atoms with Crippen molar-refractivity contribution in [2.24, 2.45) is 5.41 Å². The fourth-order valence-corrected chi connectivity index (χ4v) is 3.19. The summed E-state index contributed by atoms with van der Waals surface area (Å²) in [6.07, 6.45) is 2.87. The molecular weight excluding hydrogens is 260 g/mol. The molecule has 1 aliphatic carbocycles. The van der Waals surface area contributed by atoms with Crippen LogP contribution in [0, 0.1) is 5.41 Å². The quantitative estimate of drug-likeness (QED) is 0.719. The van der Waals surface area contributed by atoms with Crippen LogP contribution >= 0.6 is 0 Å². The Morgan fingerprint density at radius 2 is 2.15 bits per heavy atom. The highest BCUT2D eigenvalue weighted by molar-refractivity contribution is 5.90. The van der Waals surface area contributed by atoms with Crippen molar-refractivity contribution in [2.75, 3.05) is 6.61 Å². The second kappa shape index (κ2) is 5.78. The van der Waals surface area contributed by atoms with Gasteiger partial charge in [-0.15, -0.1) is 5.10 Å². The van der Waals surface area contributed by atoms with Crippen LogP contribution in [0.3, 0.4) is 0 Å². The zero-order chi connectivity index (χ0) is 14.8. The van der Waals surface area contributed by atoms with Gasteiger partial charge < -0.3 is 10.1 Å². The first kappa shape index (κ1) is 14.8. The Bertz CT molecular complexity index is 518. The van der Waals surface area contributed by atoms with Crippen LogP contribution in [0.25, 0.3) is 0 Å². The molecule has 0 saturated heterocycles. The van der Waals surface area contributed by atoms with E-state index in [9.17, 15) is 9.59 Å². The van der Waals surface area contributed by atoms with Gasteiger partial charge in [0.25, 0.3) is 5.91 Å². The topological polar surface area (TPSA) is 99.9 Å². The maximum atomic E-state index is 12.0. The zero-order valence-electron chi connectivity index (χ0n) is 12.2. The molecule has 0 aliphatic heterocycles. The molecule has 0 radical (unpaired) electrons. The fraction of sp³-hybridized carbons (Fsp3) is 0.769. The van der Waals surface area contributed by atoms with Crippen molar-refractivity contribution in [1.82, 2.24) is 20.5 Å². The molecule has 1 aromatic heterocycles. The van der Waals surface area contributed by atoms with Crippen molar-refractivity contribution in [3.8, 4) is 0 Å². The van der Waals surface area contributed by atoms with E-state index >= 15 is 0 Å². The van der Waals surface area contributed by atoms with E-state index in [2.05, 4.69) is 34.3 Å². The predicted molar refractivity (Wildman–Crippen MR) is 73.5 cm³/mol. The van der Waals surface area contributed by atoms with Crippen LogP contribution in [0.2, 0.25) is 0 Å². The molecule has 0 unspecified atom stereocenters. The van der Waals surface area contributed by atoms with Gasteiger partial charge in [0.1, 0.15) is 0 Å². The first-order valence-corrected chi connectivity index (χ1v) is 7.14. The summed E-state index contributed by atoms with van der Waals surface area (Å²) < 4.78 is 5.77. The molecule has 1 amide bonds. The highest BCUT2D eigenvalue weighted by atomic mass is 16.5. The average Bonchev–Trinajstić information content (AvgIpc) is 2.86. The van der Waals surface area contributed by atoms with E-state index in [0.717, 1.165) is 19.3 Å². The third-order valence-electron chi connectivity index (χ3n) is 4.49. The molecule has 1 fully saturated rings. The standard InChI is InChI=1S/C13H22N4O3/c1-4-13(5-2)8(7-9(13)20-6-3)14-11(18)10-15-12(19)17-16-10/h8-9H,4-7H2,1-3H3,(H,14,18)(H2,15,16,17,19)/t8-,9+/m0/s1. The normalized spacial score (nSPS) is 24.1. The van der Waals surface area contributed by atoms with Gasteiger partial charge in [0.05, 0.1) is 6.10 Å². The van der Waals surface area contributed by atoms with Crippen LogP contribution in [-0.2, 0) is 4.74 Å². The Morgan fingerprint density at radius 1 is 1.45 bits per heavy atom. The molecule has 0 bridgehead atoms. The van der Waals surface area contributed by atoms with Gasteiger partial charge in [-0.1, -0.05) is 13.8 Å². The molecule has 7 heteroatoms. The molecule has 112 valence electrons. The SMILES string of the molecule is CCO[C@@H]1C[C@H](NC(=O)c2n[nH]c(=O)[nH]2)C1(CC)CC. The van der Waals surface area contributed by atoms with E-state index in [4.69, 9.17) is 4.74 Å². The van der Waals surface area contributed by atoms with Crippen LogP contribution in [-0.4, -0.2) is 39.8 Å². The third kappa shape index (κ3) is 2.37. The summed E-state index contributed by atoms with van der Waals surface area (Å²) in [4.78, 5) is 25.4. The Morgan fingerprint density at radius 3 is 2.65 bits per heavy atom. The molecular formula is C13H22N4O3. The van der Waals surface area contributed by atoms with Gasteiger partial charge in [0, 0.05) is 18.1 Å². The maximum absolute atomic E-state index is 12.0. The molecule has 7 nitrogen and oxygen atoms in total. The molecule has 2 rings (SSSR count). The van der Waals surface area contributed by atoms with Gasteiger partial charge in [0.2, 0.25) is 5.82 Å². The average molecular weight is 282 g/mol. The smallest absolute Gasteiger partial charge is 0.341 e. The number of H-pyrrole nitrogens is 2. The lowest BCUT2D eigenvalue weighted by molar-refractivity contribution is -0.134. The van der Waals surface area contributed by atoms with Gasteiger partial charge in [-0.2, -0.15) is 0 Å².